The van der Waals surface area contributed by atoms with E-state index in [1.165, 1.54) is 11.3 Å². The maximum absolute atomic E-state index is 11.5. The van der Waals surface area contributed by atoms with Crippen LogP contribution in [0.3, 0.4) is 0 Å². The summed E-state index contributed by atoms with van der Waals surface area (Å²) in [7, 11) is 1.54. The first-order valence-corrected chi connectivity index (χ1v) is 3.69. The van der Waals surface area contributed by atoms with Crippen LogP contribution in [-0.4, -0.2) is 29.4 Å². The topological polar surface area (TPSA) is 70.1 Å². The molecule has 1 rings (SSSR count). The first kappa shape index (κ1) is 9.26. The fourth-order valence-electron chi connectivity index (χ4n) is 0.869. The molecule has 0 N–H and O–H groups in total. The Bertz CT molecular complexity index is 351. The zero-order valence-corrected chi connectivity index (χ0v) is 7.44. The highest BCUT2D eigenvalue weighted by molar-refractivity contribution is 5.93. The number of nitriles is 1. The lowest BCUT2D eigenvalue weighted by atomic mass is 10.3. The van der Waals surface area contributed by atoms with Crippen molar-refractivity contribution < 1.29 is 9.21 Å². The van der Waals surface area contributed by atoms with Crippen LogP contribution in [-0.2, 0) is 0 Å². The summed E-state index contributed by atoms with van der Waals surface area (Å²) in [6, 6.07) is 1.88. The fourth-order valence-corrected chi connectivity index (χ4v) is 0.869. The van der Waals surface area contributed by atoms with Crippen LogP contribution in [0.1, 0.15) is 16.2 Å². The molecule has 0 aromatic carbocycles. The highest BCUT2D eigenvalue weighted by Crippen LogP contribution is 2.06. The zero-order valence-electron chi connectivity index (χ0n) is 7.44. The number of carbonyl (C=O) groups is 1. The summed E-state index contributed by atoms with van der Waals surface area (Å²) in [5, 5.41) is 8.36. The Morgan fingerprint density at radius 1 is 1.85 bits per heavy atom. The summed E-state index contributed by atoms with van der Waals surface area (Å²) in [5.41, 5.74) is 0.262. The molecule has 0 spiro atoms. The summed E-state index contributed by atoms with van der Waals surface area (Å²) in [4.78, 5) is 16.5. The van der Waals surface area contributed by atoms with Gasteiger partial charge in [0.1, 0.15) is 12.3 Å². The van der Waals surface area contributed by atoms with Gasteiger partial charge in [0.15, 0.2) is 12.1 Å². The molecular weight excluding hydrogens is 170 g/mol. The van der Waals surface area contributed by atoms with Gasteiger partial charge in [-0.3, -0.25) is 4.79 Å². The lowest BCUT2D eigenvalue weighted by molar-refractivity contribution is 0.0805. The lowest BCUT2D eigenvalue weighted by Crippen LogP contribution is -2.27. The average molecular weight is 179 g/mol. The van der Waals surface area contributed by atoms with Crippen molar-refractivity contribution in [2.75, 3.05) is 13.6 Å². The molecule has 0 saturated heterocycles. The molecule has 0 aliphatic carbocycles. The van der Waals surface area contributed by atoms with Gasteiger partial charge in [0, 0.05) is 7.05 Å². The molecule has 13 heavy (non-hydrogen) atoms. The number of aromatic nitrogens is 1. The van der Waals surface area contributed by atoms with E-state index >= 15 is 0 Å². The van der Waals surface area contributed by atoms with E-state index in [1.807, 2.05) is 6.07 Å². The Labute approximate surface area is 75.6 Å². The van der Waals surface area contributed by atoms with E-state index in [0.29, 0.717) is 5.76 Å². The smallest absolute Gasteiger partial charge is 0.276 e. The van der Waals surface area contributed by atoms with Gasteiger partial charge < -0.3 is 9.32 Å². The largest absolute Gasteiger partial charge is 0.448 e. The van der Waals surface area contributed by atoms with Crippen LogP contribution in [0.4, 0.5) is 0 Å². The Morgan fingerprint density at radius 3 is 3.00 bits per heavy atom. The highest BCUT2D eigenvalue weighted by Gasteiger charge is 2.17. The monoisotopic (exact) mass is 179 g/mol. The second-order valence-corrected chi connectivity index (χ2v) is 2.58. The van der Waals surface area contributed by atoms with Gasteiger partial charge in [0.05, 0.1) is 6.07 Å². The lowest BCUT2D eigenvalue weighted by Gasteiger charge is -2.10. The molecule has 0 aliphatic heterocycles. The second-order valence-electron chi connectivity index (χ2n) is 2.58. The van der Waals surface area contributed by atoms with E-state index in [4.69, 9.17) is 9.68 Å². The van der Waals surface area contributed by atoms with Gasteiger partial charge in [-0.05, 0) is 6.92 Å². The van der Waals surface area contributed by atoms with Crippen molar-refractivity contribution in [3.05, 3.63) is 17.8 Å². The van der Waals surface area contributed by atoms with Gasteiger partial charge in [-0.2, -0.15) is 5.26 Å². The van der Waals surface area contributed by atoms with Crippen LogP contribution in [0.5, 0.6) is 0 Å². The summed E-state index contributed by atoms with van der Waals surface area (Å²) >= 11 is 0. The molecule has 0 bridgehead atoms. The molecule has 0 atom stereocenters. The molecule has 0 unspecified atom stereocenters. The summed E-state index contributed by atoms with van der Waals surface area (Å²) in [6.45, 7) is 1.70. The van der Waals surface area contributed by atoms with Gasteiger partial charge in [0.25, 0.3) is 5.91 Å². The third-order valence-corrected chi connectivity index (χ3v) is 1.60. The van der Waals surface area contributed by atoms with E-state index in [1.54, 1.807) is 14.0 Å². The number of nitrogens with zero attached hydrogens (tertiary/aromatic N) is 3. The molecule has 5 heteroatoms. The van der Waals surface area contributed by atoms with E-state index in [0.717, 1.165) is 0 Å². The van der Waals surface area contributed by atoms with Crippen molar-refractivity contribution >= 4 is 5.91 Å². The van der Waals surface area contributed by atoms with Crippen LogP contribution >= 0.6 is 0 Å². The van der Waals surface area contributed by atoms with Crippen molar-refractivity contribution in [2.24, 2.45) is 0 Å². The molecule has 0 fully saturated rings. The van der Waals surface area contributed by atoms with Gasteiger partial charge in [-0.15, -0.1) is 0 Å². The van der Waals surface area contributed by atoms with Gasteiger partial charge in [-0.25, -0.2) is 4.98 Å². The molecule has 5 nitrogen and oxygen atoms in total. The first-order valence-electron chi connectivity index (χ1n) is 3.69. The molecule has 1 aromatic heterocycles. The minimum absolute atomic E-state index is 0.0468. The molecule has 1 amide bonds. The summed E-state index contributed by atoms with van der Waals surface area (Å²) in [6.07, 6.45) is 1.21. The third-order valence-electron chi connectivity index (χ3n) is 1.60. The molecule has 0 aliphatic rings. The van der Waals surface area contributed by atoms with Crippen molar-refractivity contribution in [1.82, 2.24) is 9.88 Å². The second kappa shape index (κ2) is 3.72. The van der Waals surface area contributed by atoms with Crippen molar-refractivity contribution in [2.45, 2.75) is 6.92 Å². The molecular formula is C8H9N3O2. The van der Waals surface area contributed by atoms with Crippen molar-refractivity contribution in [3.8, 4) is 6.07 Å². The number of oxazole rings is 1. The standard InChI is InChI=1S/C8H9N3O2/c1-6-7(10-5-13-6)8(12)11(2)4-3-9/h5H,4H2,1-2H3. The van der Waals surface area contributed by atoms with Gasteiger partial charge in [-0.1, -0.05) is 0 Å². The predicted molar refractivity (Wildman–Crippen MR) is 43.8 cm³/mol. The first-order chi connectivity index (χ1) is 6.16. The Kier molecular flexibility index (Phi) is 2.65. The molecule has 68 valence electrons. The van der Waals surface area contributed by atoms with Gasteiger partial charge >= 0.3 is 0 Å². The van der Waals surface area contributed by atoms with Crippen LogP contribution < -0.4 is 0 Å². The Balaban J connectivity index is 2.81. The van der Waals surface area contributed by atoms with Crippen molar-refractivity contribution in [3.63, 3.8) is 0 Å². The molecule has 1 aromatic rings. The minimum atomic E-state index is -0.298. The SMILES string of the molecule is Cc1ocnc1C(=O)N(C)CC#N. The molecule has 1 heterocycles. The maximum atomic E-state index is 11.5. The number of hydrogen-bond acceptors (Lipinski definition) is 4. The van der Waals surface area contributed by atoms with Gasteiger partial charge in [0.2, 0.25) is 0 Å². The maximum Gasteiger partial charge on any atom is 0.276 e. The van der Waals surface area contributed by atoms with Crippen LogP contribution in [0.2, 0.25) is 0 Å². The number of rotatable bonds is 2. The number of carbonyl (C=O) groups excluding carboxylic acids is 1. The fraction of sp³-hybridized carbons (Fsp3) is 0.375. The van der Waals surface area contributed by atoms with E-state index < -0.39 is 0 Å². The van der Waals surface area contributed by atoms with Crippen LogP contribution in [0, 0.1) is 18.3 Å². The minimum Gasteiger partial charge on any atom is -0.448 e. The zero-order chi connectivity index (χ0) is 9.84. The van der Waals surface area contributed by atoms with Crippen LogP contribution in [0.15, 0.2) is 10.8 Å². The van der Waals surface area contributed by atoms with E-state index in [2.05, 4.69) is 4.98 Å². The van der Waals surface area contributed by atoms with Crippen LogP contribution in [0.25, 0.3) is 0 Å². The Morgan fingerprint density at radius 2 is 2.54 bits per heavy atom. The predicted octanol–water partition coefficient (Wildman–Crippen LogP) is 0.579. The molecule has 0 saturated carbocycles. The summed E-state index contributed by atoms with van der Waals surface area (Å²) in [5.74, 6) is 0.169. The molecule has 0 radical (unpaired) electrons. The Hall–Kier alpha value is -1.83. The van der Waals surface area contributed by atoms with E-state index in [9.17, 15) is 4.79 Å². The van der Waals surface area contributed by atoms with Crippen molar-refractivity contribution in [1.29, 1.82) is 5.26 Å². The third kappa shape index (κ3) is 1.85. The normalized spacial score (nSPS) is 9.31. The number of hydrogen-bond donors (Lipinski definition) is 0. The van der Waals surface area contributed by atoms with E-state index in [-0.39, 0.29) is 18.1 Å². The quantitative estimate of drug-likeness (QED) is 0.622. The summed E-state index contributed by atoms with van der Waals surface area (Å²) < 4.78 is 4.87. The number of amides is 1. The number of aryl methyl sites for hydroxylation is 1. The highest BCUT2D eigenvalue weighted by atomic mass is 16.3. The average Bonchev–Trinajstić information content (AvgIpc) is 2.50.